The number of thioether (sulfide) groups is 1. The molecule has 1 aromatic carbocycles. The molecule has 4 nitrogen and oxygen atoms in total. The van der Waals surface area contributed by atoms with Crippen molar-refractivity contribution in [2.75, 3.05) is 30.4 Å². The Morgan fingerprint density at radius 1 is 1.53 bits per heavy atom. The predicted octanol–water partition coefficient (Wildman–Crippen LogP) is 1.51. The highest BCUT2D eigenvalue weighted by Crippen LogP contribution is 2.40. The molecule has 1 unspecified atom stereocenters. The number of fused-ring (bicyclic) bond motifs is 1. The van der Waals surface area contributed by atoms with Gasteiger partial charge in [-0.05, 0) is 25.1 Å². The minimum absolute atomic E-state index is 0.0329. The first-order valence-corrected chi connectivity index (χ1v) is 6.55. The number of carbonyl (C=O) groups excluding carboxylic acids is 1. The number of nitrogens with one attached hydrogen (secondary N) is 1. The lowest BCUT2D eigenvalue weighted by Crippen LogP contribution is -2.42. The number of carbonyl (C=O) groups is 1. The summed E-state index contributed by atoms with van der Waals surface area (Å²) in [5.41, 5.74) is 7.55. The minimum Gasteiger partial charge on any atom is -0.388 e. The third kappa shape index (κ3) is 2.25. The fourth-order valence-corrected chi connectivity index (χ4v) is 2.97. The molecule has 0 aromatic heterocycles. The molecule has 1 aliphatic heterocycles. The fourth-order valence-electron chi connectivity index (χ4n) is 1.92. The Kier molecular flexibility index (Phi) is 3.59. The van der Waals surface area contributed by atoms with Gasteiger partial charge in [-0.3, -0.25) is 4.79 Å². The van der Waals surface area contributed by atoms with Crippen molar-refractivity contribution < 1.29 is 4.79 Å². The molecule has 1 heterocycles. The summed E-state index contributed by atoms with van der Waals surface area (Å²) in [6.45, 7) is 2.99. The maximum Gasteiger partial charge on any atom is 0.240 e. The first-order chi connectivity index (χ1) is 8.17. The van der Waals surface area contributed by atoms with Gasteiger partial charge < -0.3 is 16.0 Å². The van der Waals surface area contributed by atoms with Crippen molar-refractivity contribution in [3.05, 3.63) is 18.2 Å². The van der Waals surface area contributed by atoms with Crippen LogP contribution in [0.25, 0.3) is 0 Å². The van der Waals surface area contributed by atoms with Crippen LogP contribution in [0.4, 0.5) is 11.4 Å². The summed E-state index contributed by atoms with van der Waals surface area (Å²) in [6.07, 6.45) is 0. The van der Waals surface area contributed by atoms with Crippen LogP contribution < -0.4 is 16.0 Å². The predicted molar refractivity (Wildman–Crippen MR) is 72.7 cm³/mol. The highest BCUT2D eigenvalue weighted by atomic mass is 32.2. The van der Waals surface area contributed by atoms with Crippen LogP contribution in [-0.4, -0.2) is 31.3 Å². The fraction of sp³-hybridized carbons (Fsp3) is 0.417. The number of amides is 1. The van der Waals surface area contributed by atoms with E-state index >= 15 is 0 Å². The lowest BCUT2D eigenvalue weighted by atomic mass is 10.2. The molecule has 2 rings (SSSR count). The molecule has 0 bridgehead atoms. The van der Waals surface area contributed by atoms with Crippen molar-refractivity contribution in [3.63, 3.8) is 0 Å². The Bertz CT molecular complexity index is 436. The molecule has 3 N–H and O–H groups in total. The van der Waals surface area contributed by atoms with Gasteiger partial charge in [-0.25, -0.2) is 0 Å². The van der Waals surface area contributed by atoms with E-state index in [9.17, 15) is 4.79 Å². The molecular formula is C12H17N3OS. The number of hydrogen-bond acceptors (Lipinski definition) is 4. The summed E-state index contributed by atoms with van der Waals surface area (Å²) in [4.78, 5) is 15.0. The van der Waals surface area contributed by atoms with Gasteiger partial charge in [-0.15, -0.1) is 11.8 Å². The van der Waals surface area contributed by atoms with Crippen molar-refractivity contribution in [2.24, 2.45) is 5.73 Å². The maximum absolute atomic E-state index is 12.1. The van der Waals surface area contributed by atoms with E-state index in [-0.39, 0.29) is 11.2 Å². The monoisotopic (exact) mass is 251 g/mol. The van der Waals surface area contributed by atoms with Crippen molar-refractivity contribution in [3.8, 4) is 0 Å². The van der Waals surface area contributed by atoms with Gasteiger partial charge in [0.15, 0.2) is 0 Å². The molecule has 17 heavy (non-hydrogen) atoms. The molecule has 0 aliphatic carbocycles. The standard InChI is InChI=1S/C12H17N3OS/c1-8-12(16)15(6-5-13)10-7-9(14-2)3-4-11(10)17-8/h3-4,7-8,14H,5-6,13H2,1-2H3. The Hall–Kier alpha value is -1.20. The zero-order valence-electron chi connectivity index (χ0n) is 10.1. The lowest BCUT2D eigenvalue weighted by molar-refractivity contribution is -0.118. The average Bonchev–Trinajstić information content (AvgIpc) is 2.34. The van der Waals surface area contributed by atoms with E-state index in [2.05, 4.69) is 11.4 Å². The van der Waals surface area contributed by atoms with Crippen molar-refractivity contribution in [1.29, 1.82) is 0 Å². The second-order valence-electron chi connectivity index (χ2n) is 3.97. The van der Waals surface area contributed by atoms with E-state index in [1.807, 2.05) is 26.1 Å². The van der Waals surface area contributed by atoms with Crippen LogP contribution >= 0.6 is 11.8 Å². The maximum atomic E-state index is 12.1. The number of rotatable bonds is 3. The summed E-state index contributed by atoms with van der Waals surface area (Å²) in [5.74, 6) is 0.140. The molecule has 1 atom stereocenters. The Balaban J connectivity index is 2.43. The minimum atomic E-state index is -0.0329. The van der Waals surface area contributed by atoms with Gasteiger partial charge in [0.1, 0.15) is 0 Å². The van der Waals surface area contributed by atoms with E-state index in [4.69, 9.17) is 5.73 Å². The number of anilines is 2. The Morgan fingerprint density at radius 2 is 2.29 bits per heavy atom. The van der Waals surface area contributed by atoms with Crippen LogP contribution in [0.15, 0.2) is 23.1 Å². The summed E-state index contributed by atoms with van der Waals surface area (Å²) in [7, 11) is 1.87. The molecule has 0 fully saturated rings. The van der Waals surface area contributed by atoms with Crippen molar-refractivity contribution >= 4 is 29.0 Å². The zero-order chi connectivity index (χ0) is 12.4. The number of hydrogen-bond donors (Lipinski definition) is 2. The highest BCUT2D eigenvalue weighted by molar-refractivity contribution is 8.00. The van der Waals surface area contributed by atoms with Gasteiger partial charge in [0.25, 0.3) is 0 Å². The van der Waals surface area contributed by atoms with Crippen LogP contribution in [0.2, 0.25) is 0 Å². The van der Waals surface area contributed by atoms with E-state index in [1.165, 1.54) is 0 Å². The Labute approximate surface area is 106 Å². The first-order valence-electron chi connectivity index (χ1n) is 5.67. The zero-order valence-corrected chi connectivity index (χ0v) is 10.9. The van der Waals surface area contributed by atoms with Crippen LogP contribution in [0.1, 0.15) is 6.92 Å². The number of benzene rings is 1. The van der Waals surface area contributed by atoms with Gasteiger partial charge in [-0.1, -0.05) is 0 Å². The van der Waals surface area contributed by atoms with Crippen LogP contribution in [0.5, 0.6) is 0 Å². The summed E-state index contributed by atoms with van der Waals surface area (Å²) >= 11 is 1.61. The number of nitrogens with two attached hydrogens (primary N) is 1. The molecule has 0 spiro atoms. The van der Waals surface area contributed by atoms with Crippen molar-refractivity contribution in [2.45, 2.75) is 17.1 Å². The smallest absolute Gasteiger partial charge is 0.240 e. The number of nitrogens with zero attached hydrogens (tertiary/aromatic N) is 1. The molecule has 0 radical (unpaired) electrons. The molecular weight excluding hydrogens is 234 g/mol. The molecule has 0 saturated carbocycles. The highest BCUT2D eigenvalue weighted by Gasteiger charge is 2.30. The third-order valence-electron chi connectivity index (χ3n) is 2.81. The van der Waals surface area contributed by atoms with Gasteiger partial charge in [0.05, 0.1) is 10.9 Å². The summed E-state index contributed by atoms with van der Waals surface area (Å²) in [5, 5.41) is 3.05. The first kappa shape index (κ1) is 12.3. The Morgan fingerprint density at radius 3 is 2.94 bits per heavy atom. The normalized spacial score (nSPS) is 19.1. The van der Waals surface area contributed by atoms with Crippen LogP contribution in [0.3, 0.4) is 0 Å². The van der Waals surface area contributed by atoms with E-state index in [1.54, 1.807) is 16.7 Å². The molecule has 92 valence electrons. The third-order valence-corrected chi connectivity index (χ3v) is 3.96. The molecule has 5 heteroatoms. The van der Waals surface area contributed by atoms with Gasteiger partial charge in [0.2, 0.25) is 5.91 Å². The van der Waals surface area contributed by atoms with E-state index in [0.29, 0.717) is 13.1 Å². The molecule has 1 aliphatic rings. The lowest BCUT2D eigenvalue weighted by Gasteiger charge is -2.32. The summed E-state index contributed by atoms with van der Waals surface area (Å²) < 4.78 is 0. The van der Waals surface area contributed by atoms with Crippen LogP contribution in [-0.2, 0) is 4.79 Å². The van der Waals surface area contributed by atoms with Crippen LogP contribution in [0, 0.1) is 0 Å². The second kappa shape index (κ2) is 4.98. The molecule has 0 saturated heterocycles. The molecule has 1 aromatic rings. The quantitative estimate of drug-likeness (QED) is 0.855. The van der Waals surface area contributed by atoms with Gasteiger partial charge in [0, 0.05) is 30.7 Å². The second-order valence-corrected chi connectivity index (χ2v) is 5.35. The molecule has 1 amide bonds. The van der Waals surface area contributed by atoms with E-state index < -0.39 is 0 Å². The van der Waals surface area contributed by atoms with Gasteiger partial charge >= 0.3 is 0 Å². The summed E-state index contributed by atoms with van der Waals surface area (Å²) in [6, 6.07) is 6.08. The average molecular weight is 251 g/mol. The largest absolute Gasteiger partial charge is 0.388 e. The topological polar surface area (TPSA) is 58.4 Å². The SMILES string of the molecule is CNc1ccc2c(c1)N(CCN)C(=O)C(C)S2. The van der Waals surface area contributed by atoms with Gasteiger partial charge in [-0.2, -0.15) is 0 Å². The van der Waals surface area contributed by atoms with E-state index in [0.717, 1.165) is 16.3 Å². The van der Waals surface area contributed by atoms with Crippen molar-refractivity contribution in [1.82, 2.24) is 0 Å².